The number of aryl methyl sites for hydroxylation is 1. The van der Waals surface area contributed by atoms with Crippen LogP contribution in [-0.2, 0) is 0 Å². The average molecular weight is 313 g/mol. The summed E-state index contributed by atoms with van der Waals surface area (Å²) in [4.78, 5) is 25.5. The van der Waals surface area contributed by atoms with Gasteiger partial charge in [-0.1, -0.05) is 5.16 Å². The van der Waals surface area contributed by atoms with Crippen LogP contribution in [0.5, 0.6) is 0 Å². The number of amides is 1. The number of piperidine rings is 1. The van der Waals surface area contributed by atoms with E-state index in [2.05, 4.69) is 20.0 Å². The molecule has 0 aliphatic carbocycles. The molecule has 2 unspecified atom stereocenters. The minimum absolute atomic E-state index is 0.0369. The second-order valence-electron chi connectivity index (χ2n) is 6.22. The lowest BCUT2D eigenvalue weighted by Crippen LogP contribution is -2.50. The van der Waals surface area contributed by atoms with Crippen LogP contribution in [0.2, 0.25) is 0 Å². The summed E-state index contributed by atoms with van der Waals surface area (Å²) in [5.41, 5.74) is 0.399. The lowest BCUT2D eigenvalue weighted by Gasteiger charge is -2.38. The van der Waals surface area contributed by atoms with Gasteiger partial charge in [0.25, 0.3) is 5.91 Å². The summed E-state index contributed by atoms with van der Waals surface area (Å²) < 4.78 is 5.04. The molecule has 2 aromatic heterocycles. The number of hydrogen-bond donors (Lipinski definition) is 0. The van der Waals surface area contributed by atoms with E-state index in [0.29, 0.717) is 17.4 Å². The van der Waals surface area contributed by atoms with Crippen molar-refractivity contribution in [2.45, 2.75) is 25.8 Å². The summed E-state index contributed by atoms with van der Waals surface area (Å²) in [6, 6.07) is 3.71. The first-order valence-electron chi connectivity index (χ1n) is 7.98. The van der Waals surface area contributed by atoms with Gasteiger partial charge in [0.2, 0.25) is 5.95 Å². The van der Waals surface area contributed by atoms with Gasteiger partial charge in [-0.2, -0.15) is 0 Å². The van der Waals surface area contributed by atoms with Gasteiger partial charge in [0.15, 0.2) is 5.69 Å². The fourth-order valence-corrected chi connectivity index (χ4v) is 3.64. The van der Waals surface area contributed by atoms with Gasteiger partial charge in [-0.05, 0) is 31.7 Å². The molecule has 2 aromatic rings. The Hall–Kier alpha value is -2.44. The molecule has 0 radical (unpaired) electrons. The molecule has 4 heterocycles. The number of rotatable bonds is 2. The molecule has 2 aliphatic heterocycles. The van der Waals surface area contributed by atoms with Gasteiger partial charge in [-0.25, -0.2) is 9.97 Å². The quantitative estimate of drug-likeness (QED) is 0.836. The number of fused-ring (bicyclic) bond motifs is 1. The van der Waals surface area contributed by atoms with Crippen molar-refractivity contribution in [2.24, 2.45) is 5.92 Å². The Morgan fingerprint density at radius 1 is 1.26 bits per heavy atom. The number of carbonyl (C=O) groups is 1. The molecule has 2 aliphatic rings. The van der Waals surface area contributed by atoms with Crippen LogP contribution in [0.4, 0.5) is 5.95 Å². The molecule has 1 amide bonds. The van der Waals surface area contributed by atoms with Crippen molar-refractivity contribution in [3.05, 3.63) is 36.0 Å². The average Bonchev–Trinajstić information content (AvgIpc) is 3.20. The summed E-state index contributed by atoms with van der Waals surface area (Å²) in [5.74, 6) is 1.91. The van der Waals surface area contributed by atoms with Gasteiger partial charge in [0.05, 0.1) is 6.04 Å². The molecule has 2 atom stereocenters. The van der Waals surface area contributed by atoms with E-state index in [1.54, 1.807) is 25.4 Å². The normalized spacial score (nSPS) is 23.9. The monoisotopic (exact) mass is 313 g/mol. The summed E-state index contributed by atoms with van der Waals surface area (Å²) >= 11 is 0. The fraction of sp³-hybridized carbons (Fsp3) is 0.500. The van der Waals surface area contributed by atoms with Crippen LogP contribution in [0.15, 0.2) is 29.0 Å². The zero-order valence-electron chi connectivity index (χ0n) is 13.1. The van der Waals surface area contributed by atoms with E-state index >= 15 is 0 Å². The number of nitrogens with zero attached hydrogens (tertiary/aromatic N) is 5. The number of anilines is 1. The highest BCUT2D eigenvalue weighted by atomic mass is 16.5. The van der Waals surface area contributed by atoms with E-state index in [4.69, 9.17) is 4.52 Å². The summed E-state index contributed by atoms with van der Waals surface area (Å²) in [6.45, 7) is 4.29. The van der Waals surface area contributed by atoms with Crippen LogP contribution in [0.1, 0.15) is 29.1 Å². The lowest BCUT2D eigenvalue weighted by molar-refractivity contribution is 0.0701. The Balaban J connectivity index is 1.53. The SMILES string of the molecule is Cc1cc(C(=O)N2CCC3CCN(c4ncccn4)CC32)no1. The zero-order chi connectivity index (χ0) is 15.8. The Morgan fingerprint density at radius 2 is 2.04 bits per heavy atom. The van der Waals surface area contributed by atoms with Crippen LogP contribution >= 0.6 is 0 Å². The molecular formula is C16H19N5O2. The molecule has 0 bridgehead atoms. The van der Waals surface area contributed by atoms with Crippen LogP contribution < -0.4 is 4.90 Å². The maximum atomic E-state index is 12.7. The van der Waals surface area contributed by atoms with Gasteiger partial charge in [-0.3, -0.25) is 4.79 Å². The number of hydrogen-bond acceptors (Lipinski definition) is 6. The van der Waals surface area contributed by atoms with Crippen molar-refractivity contribution in [1.82, 2.24) is 20.0 Å². The minimum atomic E-state index is -0.0369. The Bertz CT molecular complexity index is 702. The van der Waals surface area contributed by atoms with E-state index in [1.165, 1.54) is 0 Å². The van der Waals surface area contributed by atoms with Crippen molar-refractivity contribution in [3.8, 4) is 0 Å². The van der Waals surface area contributed by atoms with Gasteiger partial charge in [0.1, 0.15) is 5.76 Å². The van der Waals surface area contributed by atoms with Crippen LogP contribution in [0.25, 0.3) is 0 Å². The Morgan fingerprint density at radius 3 is 2.78 bits per heavy atom. The highest BCUT2D eigenvalue weighted by Gasteiger charge is 2.41. The zero-order valence-corrected chi connectivity index (χ0v) is 13.1. The first-order chi connectivity index (χ1) is 11.2. The van der Waals surface area contributed by atoms with E-state index in [-0.39, 0.29) is 11.9 Å². The van der Waals surface area contributed by atoms with E-state index < -0.39 is 0 Å². The number of likely N-dealkylation sites (tertiary alicyclic amines) is 1. The molecule has 23 heavy (non-hydrogen) atoms. The molecule has 4 rings (SSSR count). The van der Waals surface area contributed by atoms with Crippen molar-refractivity contribution in [1.29, 1.82) is 0 Å². The van der Waals surface area contributed by atoms with Crippen molar-refractivity contribution < 1.29 is 9.32 Å². The molecule has 2 fully saturated rings. The van der Waals surface area contributed by atoms with Crippen LogP contribution in [0, 0.1) is 12.8 Å². The second-order valence-corrected chi connectivity index (χ2v) is 6.22. The van der Waals surface area contributed by atoms with E-state index in [0.717, 1.165) is 38.4 Å². The lowest BCUT2D eigenvalue weighted by atomic mass is 9.92. The Labute approximate surface area is 134 Å². The molecule has 0 saturated carbocycles. The van der Waals surface area contributed by atoms with Gasteiger partial charge in [-0.15, -0.1) is 0 Å². The maximum absolute atomic E-state index is 12.7. The number of aromatic nitrogens is 3. The van der Waals surface area contributed by atoms with E-state index in [9.17, 15) is 4.79 Å². The standard InChI is InChI=1S/C16H19N5O2/c1-11-9-13(19-23-11)15(22)21-8-4-12-3-7-20(10-14(12)21)16-17-5-2-6-18-16/h2,5-6,9,12,14H,3-4,7-8,10H2,1H3. The minimum Gasteiger partial charge on any atom is -0.361 e. The molecule has 7 nitrogen and oxygen atoms in total. The highest BCUT2D eigenvalue weighted by Crippen LogP contribution is 2.33. The second kappa shape index (κ2) is 5.64. The third-order valence-electron chi connectivity index (χ3n) is 4.81. The first-order valence-corrected chi connectivity index (χ1v) is 7.98. The van der Waals surface area contributed by atoms with Gasteiger partial charge < -0.3 is 14.3 Å². The van der Waals surface area contributed by atoms with Crippen LogP contribution in [-0.4, -0.2) is 51.6 Å². The van der Waals surface area contributed by atoms with Gasteiger partial charge >= 0.3 is 0 Å². The largest absolute Gasteiger partial charge is 0.361 e. The topological polar surface area (TPSA) is 75.4 Å². The number of carbonyl (C=O) groups excluding carboxylic acids is 1. The Kier molecular flexibility index (Phi) is 3.48. The highest BCUT2D eigenvalue weighted by molar-refractivity contribution is 5.92. The molecule has 120 valence electrons. The molecule has 7 heteroatoms. The molecule has 0 spiro atoms. The van der Waals surface area contributed by atoms with Crippen molar-refractivity contribution in [3.63, 3.8) is 0 Å². The fourth-order valence-electron chi connectivity index (χ4n) is 3.64. The van der Waals surface area contributed by atoms with E-state index in [1.807, 2.05) is 11.0 Å². The van der Waals surface area contributed by atoms with Crippen molar-refractivity contribution >= 4 is 11.9 Å². The maximum Gasteiger partial charge on any atom is 0.276 e. The third kappa shape index (κ3) is 2.56. The van der Waals surface area contributed by atoms with Crippen molar-refractivity contribution in [2.75, 3.05) is 24.5 Å². The summed E-state index contributed by atoms with van der Waals surface area (Å²) in [7, 11) is 0. The predicted octanol–water partition coefficient (Wildman–Crippen LogP) is 1.51. The predicted molar refractivity (Wildman–Crippen MR) is 83.0 cm³/mol. The van der Waals surface area contributed by atoms with Crippen LogP contribution in [0.3, 0.4) is 0 Å². The third-order valence-corrected chi connectivity index (χ3v) is 4.81. The summed E-state index contributed by atoms with van der Waals surface area (Å²) in [5, 5.41) is 3.87. The summed E-state index contributed by atoms with van der Waals surface area (Å²) in [6.07, 6.45) is 5.62. The molecule has 2 saturated heterocycles. The molecular weight excluding hydrogens is 294 g/mol. The first kappa shape index (κ1) is 14.2. The molecule has 0 N–H and O–H groups in total. The van der Waals surface area contributed by atoms with Gasteiger partial charge in [0, 0.05) is 38.1 Å². The molecule has 0 aromatic carbocycles. The smallest absolute Gasteiger partial charge is 0.276 e.